The molecule has 26 heavy (non-hydrogen) atoms. The van der Waals surface area contributed by atoms with Gasteiger partial charge in [-0.2, -0.15) is 5.26 Å². The fraction of sp³-hybridized carbons (Fsp3) is 0.600. The molecule has 6 heteroatoms. The molecule has 1 N–H and O–H groups in total. The van der Waals surface area contributed by atoms with E-state index in [4.69, 9.17) is 4.74 Å². The Morgan fingerprint density at radius 3 is 2.38 bits per heavy atom. The molecule has 1 aliphatic carbocycles. The molecule has 1 heterocycles. The quantitative estimate of drug-likeness (QED) is 0.804. The van der Waals surface area contributed by atoms with Crippen LogP contribution in [-0.4, -0.2) is 61.1 Å². The summed E-state index contributed by atoms with van der Waals surface area (Å²) in [6.45, 7) is 6.76. The van der Waals surface area contributed by atoms with Crippen molar-refractivity contribution >= 4 is 5.91 Å². The van der Waals surface area contributed by atoms with E-state index in [0.717, 1.165) is 51.3 Å². The second-order valence-electron chi connectivity index (χ2n) is 7.54. The van der Waals surface area contributed by atoms with Gasteiger partial charge in [0.2, 0.25) is 5.91 Å². The second kappa shape index (κ2) is 8.07. The standard InChI is InChI=1S/C20H28N4O2/c1-20(15-21,17-5-6-17)22-19(25)14-24-11-9-23(10-12-24)13-16-3-7-18(26-2)8-4-16/h3-4,7-8,17H,5-6,9-14H2,1-2H3,(H,22,25)/t20-/m1/s1. The summed E-state index contributed by atoms with van der Waals surface area (Å²) in [7, 11) is 1.67. The number of carbonyl (C=O) groups is 1. The molecule has 2 fully saturated rings. The summed E-state index contributed by atoms with van der Waals surface area (Å²) in [5, 5.41) is 12.3. The normalized spacial score (nSPS) is 20.8. The lowest BCUT2D eigenvalue weighted by atomic mass is 9.98. The molecule has 140 valence electrons. The average molecular weight is 356 g/mol. The molecule has 1 atom stereocenters. The molecule has 0 spiro atoms. The van der Waals surface area contributed by atoms with Crippen LogP contribution in [0, 0.1) is 17.2 Å². The average Bonchev–Trinajstić information content (AvgIpc) is 3.49. The van der Waals surface area contributed by atoms with Crippen molar-refractivity contribution in [2.75, 3.05) is 39.8 Å². The Balaban J connectivity index is 1.41. The van der Waals surface area contributed by atoms with E-state index in [1.165, 1.54) is 5.56 Å². The number of hydrogen-bond donors (Lipinski definition) is 1. The number of rotatable bonds is 7. The highest BCUT2D eigenvalue weighted by Crippen LogP contribution is 2.39. The maximum absolute atomic E-state index is 12.3. The molecule has 6 nitrogen and oxygen atoms in total. The van der Waals surface area contributed by atoms with Gasteiger partial charge < -0.3 is 10.1 Å². The molecule has 0 radical (unpaired) electrons. The van der Waals surface area contributed by atoms with Gasteiger partial charge >= 0.3 is 0 Å². The van der Waals surface area contributed by atoms with E-state index in [1.54, 1.807) is 7.11 Å². The smallest absolute Gasteiger partial charge is 0.235 e. The van der Waals surface area contributed by atoms with Crippen LogP contribution >= 0.6 is 0 Å². The number of nitrogens with one attached hydrogen (secondary N) is 1. The minimum absolute atomic E-state index is 0.0374. The largest absolute Gasteiger partial charge is 0.497 e. The van der Waals surface area contributed by atoms with E-state index < -0.39 is 5.54 Å². The first-order chi connectivity index (χ1) is 12.5. The fourth-order valence-corrected chi connectivity index (χ4v) is 3.51. The molecule has 1 saturated carbocycles. The summed E-state index contributed by atoms with van der Waals surface area (Å²) >= 11 is 0. The monoisotopic (exact) mass is 356 g/mol. The minimum Gasteiger partial charge on any atom is -0.497 e. The van der Waals surface area contributed by atoms with E-state index in [1.807, 2.05) is 19.1 Å². The van der Waals surface area contributed by atoms with E-state index >= 15 is 0 Å². The van der Waals surface area contributed by atoms with Gasteiger partial charge in [0.05, 0.1) is 19.7 Å². The van der Waals surface area contributed by atoms with E-state index in [0.29, 0.717) is 12.5 Å². The molecule has 1 aliphatic heterocycles. The molecule has 1 amide bonds. The summed E-state index contributed by atoms with van der Waals surface area (Å²) in [6.07, 6.45) is 2.07. The Hall–Kier alpha value is -2.10. The van der Waals surface area contributed by atoms with Crippen LogP contribution in [0.25, 0.3) is 0 Å². The van der Waals surface area contributed by atoms with Gasteiger partial charge in [0.1, 0.15) is 11.3 Å². The van der Waals surface area contributed by atoms with Crippen LogP contribution in [0.2, 0.25) is 0 Å². The Labute approximate surface area is 155 Å². The zero-order valence-electron chi connectivity index (χ0n) is 15.7. The van der Waals surface area contributed by atoms with Gasteiger partial charge in [-0.3, -0.25) is 14.6 Å². The molecule has 1 aromatic carbocycles. The Morgan fingerprint density at radius 2 is 1.85 bits per heavy atom. The number of ether oxygens (including phenoxy) is 1. The van der Waals surface area contributed by atoms with Crippen molar-refractivity contribution in [2.24, 2.45) is 5.92 Å². The maximum atomic E-state index is 12.3. The number of methoxy groups -OCH3 is 1. The summed E-state index contributed by atoms with van der Waals surface area (Å²) in [5.41, 5.74) is 0.569. The minimum atomic E-state index is -0.701. The topological polar surface area (TPSA) is 68.6 Å². The predicted octanol–water partition coefficient (Wildman–Crippen LogP) is 1.62. The first kappa shape index (κ1) is 18.7. The first-order valence-corrected chi connectivity index (χ1v) is 9.32. The highest BCUT2D eigenvalue weighted by atomic mass is 16.5. The third-order valence-electron chi connectivity index (χ3n) is 5.42. The molecule has 0 unspecified atom stereocenters. The van der Waals surface area contributed by atoms with Crippen molar-refractivity contribution in [3.8, 4) is 11.8 Å². The molecular formula is C20H28N4O2. The lowest BCUT2D eigenvalue weighted by molar-refractivity contribution is -0.124. The third kappa shape index (κ3) is 4.75. The van der Waals surface area contributed by atoms with E-state index in [-0.39, 0.29) is 5.91 Å². The zero-order valence-corrected chi connectivity index (χ0v) is 15.7. The first-order valence-electron chi connectivity index (χ1n) is 9.32. The van der Waals surface area contributed by atoms with Crippen LogP contribution in [0.3, 0.4) is 0 Å². The maximum Gasteiger partial charge on any atom is 0.235 e. The van der Waals surface area contributed by atoms with Crippen molar-refractivity contribution in [3.63, 3.8) is 0 Å². The van der Waals surface area contributed by atoms with Crippen molar-refractivity contribution in [3.05, 3.63) is 29.8 Å². The molecule has 1 saturated heterocycles. The summed E-state index contributed by atoms with van der Waals surface area (Å²) in [5.74, 6) is 1.16. The fourth-order valence-electron chi connectivity index (χ4n) is 3.51. The van der Waals surface area contributed by atoms with Gasteiger partial charge in [0.25, 0.3) is 0 Å². The van der Waals surface area contributed by atoms with Crippen LogP contribution in [0.5, 0.6) is 5.75 Å². The molecular weight excluding hydrogens is 328 g/mol. The van der Waals surface area contributed by atoms with E-state index in [2.05, 4.69) is 33.3 Å². The Bertz CT molecular complexity index is 657. The molecule has 1 aromatic rings. The van der Waals surface area contributed by atoms with Crippen molar-refractivity contribution < 1.29 is 9.53 Å². The lowest BCUT2D eigenvalue weighted by Gasteiger charge is -2.35. The number of amides is 1. The molecule has 2 aliphatic rings. The Kier molecular flexibility index (Phi) is 5.80. The lowest BCUT2D eigenvalue weighted by Crippen LogP contribution is -2.53. The number of piperazine rings is 1. The zero-order chi connectivity index (χ0) is 18.6. The van der Waals surface area contributed by atoms with E-state index in [9.17, 15) is 10.1 Å². The molecule has 0 bridgehead atoms. The van der Waals surface area contributed by atoms with Gasteiger partial charge in [0, 0.05) is 32.7 Å². The summed E-state index contributed by atoms with van der Waals surface area (Å²) < 4.78 is 5.19. The number of carbonyl (C=O) groups excluding carboxylic acids is 1. The third-order valence-corrected chi connectivity index (χ3v) is 5.42. The molecule has 3 rings (SSSR count). The van der Waals surface area contributed by atoms with Crippen LogP contribution < -0.4 is 10.1 Å². The molecule has 0 aromatic heterocycles. The van der Waals surface area contributed by atoms with Crippen LogP contribution in [0.1, 0.15) is 25.3 Å². The van der Waals surface area contributed by atoms with Gasteiger partial charge in [-0.25, -0.2) is 0 Å². The van der Waals surface area contributed by atoms with Crippen LogP contribution in [-0.2, 0) is 11.3 Å². The van der Waals surface area contributed by atoms with Gasteiger partial charge in [0.15, 0.2) is 0 Å². The number of hydrogen-bond acceptors (Lipinski definition) is 5. The van der Waals surface area contributed by atoms with Crippen molar-refractivity contribution in [1.82, 2.24) is 15.1 Å². The number of benzene rings is 1. The summed E-state index contributed by atoms with van der Waals surface area (Å²) in [6, 6.07) is 10.5. The number of nitrogens with zero attached hydrogens (tertiary/aromatic N) is 3. The van der Waals surface area contributed by atoms with Gasteiger partial charge in [-0.1, -0.05) is 12.1 Å². The predicted molar refractivity (Wildman–Crippen MR) is 99.6 cm³/mol. The highest BCUT2D eigenvalue weighted by molar-refractivity contribution is 5.79. The van der Waals surface area contributed by atoms with Crippen LogP contribution in [0.4, 0.5) is 0 Å². The second-order valence-corrected chi connectivity index (χ2v) is 7.54. The van der Waals surface area contributed by atoms with Crippen molar-refractivity contribution in [1.29, 1.82) is 5.26 Å². The van der Waals surface area contributed by atoms with Crippen LogP contribution in [0.15, 0.2) is 24.3 Å². The van der Waals surface area contributed by atoms with Crippen molar-refractivity contribution in [2.45, 2.75) is 31.8 Å². The summed E-state index contributed by atoms with van der Waals surface area (Å²) in [4.78, 5) is 16.9. The highest BCUT2D eigenvalue weighted by Gasteiger charge is 2.43. The SMILES string of the molecule is COc1ccc(CN2CCN(CC(=O)N[C@](C)(C#N)C3CC3)CC2)cc1. The van der Waals surface area contributed by atoms with Gasteiger partial charge in [-0.15, -0.1) is 0 Å². The van der Waals surface area contributed by atoms with Gasteiger partial charge in [-0.05, 0) is 43.4 Å². The Morgan fingerprint density at radius 1 is 1.23 bits per heavy atom. The number of nitriles is 1.